The first-order valence-electron chi connectivity index (χ1n) is 8.57. The zero-order valence-electron chi connectivity index (χ0n) is 14.9. The van der Waals surface area contributed by atoms with Gasteiger partial charge in [-0.2, -0.15) is 0 Å². The molecule has 1 atom stereocenters. The summed E-state index contributed by atoms with van der Waals surface area (Å²) in [6.07, 6.45) is 1.42. The molecule has 0 saturated carbocycles. The summed E-state index contributed by atoms with van der Waals surface area (Å²) >= 11 is 0. The van der Waals surface area contributed by atoms with Gasteiger partial charge in [-0.3, -0.25) is 0 Å². The average Bonchev–Trinajstić information content (AvgIpc) is 2.55. The van der Waals surface area contributed by atoms with E-state index in [9.17, 15) is 5.11 Å². The largest absolute Gasteiger partial charge is 0.388 e. The number of hydrogen-bond acceptors (Lipinski definition) is 1. The van der Waals surface area contributed by atoms with Crippen molar-refractivity contribution in [2.45, 2.75) is 38.8 Å². The Labute approximate surface area is 141 Å². The minimum Gasteiger partial charge on any atom is -0.388 e. The van der Waals surface area contributed by atoms with Crippen LogP contribution >= 0.6 is 0 Å². The van der Waals surface area contributed by atoms with E-state index in [2.05, 4.69) is 52.2 Å². The molecule has 0 aliphatic heterocycles. The molecule has 1 N–H and O–H groups in total. The van der Waals surface area contributed by atoms with Crippen LogP contribution in [-0.2, 0) is 0 Å². The lowest BCUT2D eigenvalue weighted by Crippen LogP contribution is -2.46. The second kappa shape index (κ2) is 7.76. The molecule has 2 aromatic rings. The molecule has 124 valence electrons. The molecule has 2 aromatic carbocycles. The molecule has 0 spiro atoms. The van der Waals surface area contributed by atoms with Crippen molar-refractivity contribution < 1.29 is 9.59 Å². The fourth-order valence-corrected chi connectivity index (χ4v) is 2.77. The molecule has 23 heavy (non-hydrogen) atoms. The van der Waals surface area contributed by atoms with Crippen LogP contribution in [0.2, 0.25) is 0 Å². The molecule has 1 unspecified atom stereocenters. The Morgan fingerprint density at radius 3 is 2.17 bits per heavy atom. The topological polar surface area (TPSA) is 20.2 Å². The Bertz CT molecular complexity index is 604. The van der Waals surface area contributed by atoms with E-state index in [4.69, 9.17) is 0 Å². The lowest BCUT2D eigenvalue weighted by atomic mass is 9.94. The van der Waals surface area contributed by atoms with E-state index in [1.165, 1.54) is 5.56 Å². The lowest BCUT2D eigenvalue weighted by molar-refractivity contribution is -0.911. The van der Waals surface area contributed by atoms with Crippen LogP contribution in [0.25, 0.3) is 11.1 Å². The summed E-state index contributed by atoms with van der Waals surface area (Å²) in [5, 5.41) is 10.7. The van der Waals surface area contributed by atoms with Crippen LogP contribution in [0.5, 0.6) is 0 Å². The molecule has 0 fully saturated rings. The quantitative estimate of drug-likeness (QED) is 0.738. The first-order valence-corrected chi connectivity index (χ1v) is 8.57. The maximum absolute atomic E-state index is 10.7. The van der Waals surface area contributed by atoms with Gasteiger partial charge in [0.15, 0.2) is 0 Å². The van der Waals surface area contributed by atoms with Crippen LogP contribution in [-0.4, -0.2) is 36.3 Å². The highest BCUT2D eigenvalue weighted by molar-refractivity contribution is 5.67. The van der Waals surface area contributed by atoms with Gasteiger partial charge in [0, 0.05) is 0 Å². The Morgan fingerprint density at radius 2 is 1.52 bits per heavy atom. The van der Waals surface area contributed by atoms with Gasteiger partial charge >= 0.3 is 0 Å². The van der Waals surface area contributed by atoms with E-state index in [0.29, 0.717) is 6.04 Å². The SMILES string of the molecule is CC(C)[N+](C)(C)CCCC(O)c1ccccc1-c1ccccc1. The molecule has 0 amide bonds. The second-order valence-electron chi connectivity index (χ2n) is 7.21. The zero-order chi connectivity index (χ0) is 16.9. The van der Waals surface area contributed by atoms with Gasteiger partial charge in [0.25, 0.3) is 0 Å². The minimum atomic E-state index is -0.404. The lowest BCUT2D eigenvalue weighted by Gasteiger charge is -2.34. The average molecular weight is 312 g/mol. The van der Waals surface area contributed by atoms with E-state index >= 15 is 0 Å². The summed E-state index contributed by atoms with van der Waals surface area (Å²) in [6.45, 7) is 5.59. The van der Waals surface area contributed by atoms with Gasteiger partial charge in [0.05, 0.1) is 32.8 Å². The Kier molecular flexibility index (Phi) is 5.97. The third kappa shape index (κ3) is 4.66. The third-order valence-corrected chi connectivity index (χ3v) is 5.01. The predicted octanol–water partition coefficient (Wildman–Crippen LogP) is 4.65. The Morgan fingerprint density at radius 1 is 0.913 bits per heavy atom. The van der Waals surface area contributed by atoms with Gasteiger partial charge in [-0.25, -0.2) is 0 Å². The maximum Gasteiger partial charge on any atom is 0.0829 e. The van der Waals surface area contributed by atoms with Gasteiger partial charge in [0.2, 0.25) is 0 Å². The molecule has 2 heteroatoms. The fraction of sp³-hybridized carbons (Fsp3) is 0.429. The number of nitrogens with zero attached hydrogens (tertiary/aromatic N) is 1. The highest BCUT2D eigenvalue weighted by atomic mass is 16.3. The molecule has 0 radical (unpaired) electrons. The second-order valence-corrected chi connectivity index (χ2v) is 7.21. The van der Waals surface area contributed by atoms with Crippen molar-refractivity contribution in [2.75, 3.05) is 20.6 Å². The summed E-state index contributed by atoms with van der Waals surface area (Å²) in [5.74, 6) is 0. The van der Waals surface area contributed by atoms with Crippen LogP contribution < -0.4 is 0 Å². The van der Waals surface area contributed by atoms with E-state index in [1.54, 1.807) is 0 Å². The molecule has 0 heterocycles. The molecule has 0 aromatic heterocycles. The molecule has 0 bridgehead atoms. The normalized spacial score (nSPS) is 13.3. The summed E-state index contributed by atoms with van der Waals surface area (Å²) in [6, 6.07) is 19.1. The van der Waals surface area contributed by atoms with E-state index in [-0.39, 0.29) is 0 Å². The summed E-state index contributed by atoms with van der Waals surface area (Å²) in [5.41, 5.74) is 3.34. The first kappa shape index (κ1) is 17.7. The summed E-state index contributed by atoms with van der Waals surface area (Å²) in [4.78, 5) is 0. The standard InChI is InChI=1S/C21H30NO/c1-17(2)22(3,4)16-10-15-21(23)20-14-9-8-13-19(20)18-11-6-5-7-12-18/h5-9,11-14,17,21,23H,10,15-16H2,1-4H3/q+1. The number of benzene rings is 2. The number of rotatable bonds is 7. The van der Waals surface area contributed by atoms with Gasteiger partial charge in [-0.05, 0) is 43.4 Å². The molecule has 2 nitrogen and oxygen atoms in total. The van der Waals surface area contributed by atoms with Gasteiger partial charge in [-0.1, -0.05) is 54.6 Å². The molecule has 0 aliphatic rings. The molecule has 0 saturated heterocycles. The van der Waals surface area contributed by atoms with Crippen molar-refractivity contribution in [2.24, 2.45) is 0 Å². The van der Waals surface area contributed by atoms with E-state index in [1.807, 2.05) is 30.3 Å². The molecular weight excluding hydrogens is 282 g/mol. The van der Waals surface area contributed by atoms with E-state index < -0.39 is 6.10 Å². The van der Waals surface area contributed by atoms with Crippen LogP contribution in [0.3, 0.4) is 0 Å². The van der Waals surface area contributed by atoms with Crippen LogP contribution in [0.1, 0.15) is 38.4 Å². The molecule has 2 rings (SSSR count). The third-order valence-electron chi connectivity index (χ3n) is 5.01. The van der Waals surface area contributed by atoms with Crippen molar-refractivity contribution in [1.29, 1.82) is 0 Å². The monoisotopic (exact) mass is 312 g/mol. The summed E-state index contributed by atoms with van der Waals surface area (Å²) in [7, 11) is 4.52. The van der Waals surface area contributed by atoms with Gasteiger partial charge in [0.1, 0.15) is 0 Å². The van der Waals surface area contributed by atoms with Crippen molar-refractivity contribution in [3.05, 3.63) is 60.2 Å². The Balaban J connectivity index is 2.07. The first-order chi connectivity index (χ1) is 10.9. The highest BCUT2D eigenvalue weighted by Crippen LogP contribution is 2.30. The fourth-order valence-electron chi connectivity index (χ4n) is 2.77. The molecular formula is C21H30NO+. The number of aliphatic hydroxyl groups is 1. The minimum absolute atomic E-state index is 0.404. The zero-order valence-corrected chi connectivity index (χ0v) is 14.9. The van der Waals surface area contributed by atoms with Gasteiger partial charge in [-0.15, -0.1) is 0 Å². The van der Waals surface area contributed by atoms with Crippen molar-refractivity contribution in [3.8, 4) is 11.1 Å². The van der Waals surface area contributed by atoms with Crippen LogP contribution in [0.15, 0.2) is 54.6 Å². The number of aliphatic hydroxyl groups excluding tert-OH is 1. The van der Waals surface area contributed by atoms with Crippen molar-refractivity contribution >= 4 is 0 Å². The highest BCUT2D eigenvalue weighted by Gasteiger charge is 2.20. The Hall–Kier alpha value is -1.64. The molecule has 0 aliphatic carbocycles. The van der Waals surface area contributed by atoms with Crippen LogP contribution in [0.4, 0.5) is 0 Å². The van der Waals surface area contributed by atoms with Crippen molar-refractivity contribution in [1.82, 2.24) is 0 Å². The van der Waals surface area contributed by atoms with Crippen molar-refractivity contribution in [3.63, 3.8) is 0 Å². The van der Waals surface area contributed by atoms with E-state index in [0.717, 1.165) is 35.0 Å². The summed E-state index contributed by atoms with van der Waals surface area (Å²) < 4.78 is 0.993. The smallest absolute Gasteiger partial charge is 0.0829 e. The number of hydrogen-bond donors (Lipinski definition) is 1. The predicted molar refractivity (Wildman–Crippen MR) is 98.2 cm³/mol. The van der Waals surface area contributed by atoms with Crippen LogP contribution in [0, 0.1) is 0 Å². The van der Waals surface area contributed by atoms with Gasteiger partial charge < -0.3 is 9.59 Å². The number of quaternary nitrogens is 1. The maximum atomic E-state index is 10.7.